The zero-order valence-corrected chi connectivity index (χ0v) is 10.9. The van der Waals surface area contributed by atoms with Crippen LogP contribution in [0.2, 0.25) is 0 Å². The summed E-state index contributed by atoms with van der Waals surface area (Å²) in [4.78, 5) is 10.4. The van der Waals surface area contributed by atoms with Gasteiger partial charge in [0.1, 0.15) is 9.84 Å². The van der Waals surface area contributed by atoms with E-state index in [-0.39, 0.29) is 11.5 Å². The lowest BCUT2D eigenvalue weighted by Gasteiger charge is -1.89. The lowest BCUT2D eigenvalue weighted by atomic mass is 10.2. The molecule has 0 spiro atoms. The fourth-order valence-electron chi connectivity index (χ4n) is 0.773. The molecule has 0 aliphatic heterocycles. The lowest BCUT2D eigenvalue weighted by molar-refractivity contribution is 0.108. The summed E-state index contributed by atoms with van der Waals surface area (Å²) in [6, 6.07) is 8.74. The molecule has 0 saturated heterocycles. The highest BCUT2D eigenvalue weighted by Gasteiger charge is 1.99. The number of halogens is 1. The fraction of sp³-hybridized carbons (Fsp3) is 0.364. The van der Waals surface area contributed by atoms with E-state index in [1.54, 1.807) is 38.1 Å². The van der Waals surface area contributed by atoms with Crippen molar-refractivity contribution in [2.45, 2.75) is 13.8 Å². The SMILES string of the molecule is CCS(=O)(=O)CC.O=C(Cl)c1ccccc1. The van der Waals surface area contributed by atoms with Crippen LogP contribution in [0.3, 0.4) is 0 Å². The molecule has 0 aliphatic carbocycles. The maximum Gasteiger partial charge on any atom is 0.252 e. The third kappa shape index (κ3) is 6.58. The second-order valence-corrected chi connectivity index (χ2v) is 5.95. The number of hydrogen-bond donors (Lipinski definition) is 0. The predicted molar refractivity (Wildman–Crippen MR) is 66.6 cm³/mol. The molecule has 1 aromatic rings. The van der Waals surface area contributed by atoms with Gasteiger partial charge in [-0.1, -0.05) is 44.2 Å². The van der Waals surface area contributed by atoms with Crippen LogP contribution in [-0.4, -0.2) is 25.2 Å². The Bertz CT molecular complexity index is 402. The highest BCUT2D eigenvalue weighted by Crippen LogP contribution is 2.01. The molecule has 0 aromatic heterocycles. The Morgan fingerprint density at radius 1 is 1.12 bits per heavy atom. The summed E-state index contributed by atoms with van der Waals surface area (Å²) >= 11 is 5.16. The summed E-state index contributed by atoms with van der Waals surface area (Å²) in [5.41, 5.74) is 0.541. The first-order valence-electron chi connectivity index (χ1n) is 4.88. The summed E-state index contributed by atoms with van der Waals surface area (Å²) < 4.78 is 20.7. The van der Waals surface area contributed by atoms with Crippen molar-refractivity contribution < 1.29 is 13.2 Å². The third-order valence-electron chi connectivity index (χ3n) is 1.88. The van der Waals surface area contributed by atoms with Crippen molar-refractivity contribution in [3.63, 3.8) is 0 Å². The van der Waals surface area contributed by atoms with Gasteiger partial charge in [-0.25, -0.2) is 8.42 Å². The molecule has 3 nitrogen and oxygen atoms in total. The van der Waals surface area contributed by atoms with E-state index < -0.39 is 15.1 Å². The Balaban J connectivity index is 0.000000293. The molecule has 1 aromatic carbocycles. The van der Waals surface area contributed by atoms with Gasteiger partial charge >= 0.3 is 0 Å². The van der Waals surface area contributed by atoms with Gasteiger partial charge in [0.05, 0.1) is 0 Å². The van der Waals surface area contributed by atoms with E-state index in [1.165, 1.54) is 0 Å². The average Bonchev–Trinajstić information content (AvgIpc) is 2.31. The van der Waals surface area contributed by atoms with Crippen molar-refractivity contribution in [3.05, 3.63) is 35.9 Å². The summed E-state index contributed by atoms with van der Waals surface area (Å²) in [5, 5.41) is -0.407. The topological polar surface area (TPSA) is 51.2 Å². The minimum atomic E-state index is -2.66. The average molecular weight is 263 g/mol. The van der Waals surface area contributed by atoms with Crippen LogP contribution in [0.15, 0.2) is 30.3 Å². The van der Waals surface area contributed by atoms with Crippen LogP contribution in [0, 0.1) is 0 Å². The van der Waals surface area contributed by atoms with Crippen molar-refractivity contribution >= 4 is 26.7 Å². The first-order chi connectivity index (χ1) is 7.43. The Morgan fingerprint density at radius 2 is 1.56 bits per heavy atom. The highest BCUT2D eigenvalue weighted by atomic mass is 35.5. The highest BCUT2D eigenvalue weighted by molar-refractivity contribution is 7.91. The van der Waals surface area contributed by atoms with E-state index in [4.69, 9.17) is 11.6 Å². The molecule has 0 atom stereocenters. The third-order valence-corrected chi connectivity index (χ3v) is 3.86. The number of benzene rings is 1. The summed E-state index contributed by atoms with van der Waals surface area (Å²) in [6.45, 7) is 3.30. The maximum absolute atomic E-state index is 10.4. The molecule has 0 saturated carbocycles. The molecule has 0 aliphatic rings. The van der Waals surface area contributed by atoms with Crippen LogP contribution < -0.4 is 0 Å². The smallest absolute Gasteiger partial charge is 0.252 e. The normalized spacial score (nSPS) is 10.2. The van der Waals surface area contributed by atoms with E-state index in [0.717, 1.165) is 0 Å². The molecular formula is C11H15ClO3S. The molecule has 5 heteroatoms. The number of sulfone groups is 1. The zero-order chi connectivity index (χ0) is 12.6. The molecule has 1 rings (SSSR count). The Morgan fingerprint density at radius 3 is 1.75 bits per heavy atom. The van der Waals surface area contributed by atoms with Gasteiger partial charge < -0.3 is 0 Å². The van der Waals surface area contributed by atoms with Gasteiger partial charge in [0, 0.05) is 17.1 Å². The monoisotopic (exact) mass is 262 g/mol. The van der Waals surface area contributed by atoms with Gasteiger partial charge in [0.25, 0.3) is 5.24 Å². The van der Waals surface area contributed by atoms with Gasteiger partial charge in [-0.15, -0.1) is 0 Å². The first-order valence-corrected chi connectivity index (χ1v) is 7.08. The van der Waals surface area contributed by atoms with Crippen molar-refractivity contribution in [1.29, 1.82) is 0 Å². The molecule has 0 unspecified atom stereocenters. The first kappa shape index (κ1) is 15.1. The number of carbonyl (C=O) groups excluding carboxylic acids is 1. The van der Waals surface area contributed by atoms with Crippen molar-refractivity contribution in [2.75, 3.05) is 11.5 Å². The van der Waals surface area contributed by atoms with Crippen LogP contribution in [-0.2, 0) is 9.84 Å². The molecule has 0 bridgehead atoms. The van der Waals surface area contributed by atoms with Gasteiger partial charge in [0.2, 0.25) is 0 Å². The van der Waals surface area contributed by atoms with Crippen LogP contribution in [0.5, 0.6) is 0 Å². The van der Waals surface area contributed by atoms with E-state index in [0.29, 0.717) is 5.56 Å². The fourth-order valence-corrected chi connectivity index (χ4v) is 1.31. The van der Waals surface area contributed by atoms with Crippen molar-refractivity contribution in [1.82, 2.24) is 0 Å². The van der Waals surface area contributed by atoms with Gasteiger partial charge in [-0.05, 0) is 11.6 Å². The van der Waals surface area contributed by atoms with Crippen LogP contribution in [0.25, 0.3) is 0 Å². The molecular weight excluding hydrogens is 248 g/mol. The van der Waals surface area contributed by atoms with E-state index in [2.05, 4.69) is 0 Å². The molecule has 0 N–H and O–H groups in total. The Kier molecular flexibility index (Phi) is 7.01. The van der Waals surface area contributed by atoms with Crippen molar-refractivity contribution in [3.8, 4) is 0 Å². The van der Waals surface area contributed by atoms with E-state index in [9.17, 15) is 13.2 Å². The second-order valence-electron chi connectivity index (χ2n) is 2.96. The Hall–Kier alpha value is -0.870. The maximum atomic E-state index is 10.4. The van der Waals surface area contributed by atoms with Crippen molar-refractivity contribution in [2.24, 2.45) is 0 Å². The summed E-state index contributed by atoms with van der Waals surface area (Å²) in [7, 11) is -2.66. The van der Waals surface area contributed by atoms with E-state index >= 15 is 0 Å². The summed E-state index contributed by atoms with van der Waals surface area (Å²) in [6.07, 6.45) is 0. The van der Waals surface area contributed by atoms with Gasteiger partial charge in [-0.2, -0.15) is 0 Å². The minimum absolute atomic E-state index is 0.267. The van der Waals surface area contributed by atoms with Crippen LogP contribution in [0.1, 0.15) is 24.2 Å². The zero-order valence-electron chi connectivity index (χ0n) is 9.31. The quantitative estimate of drug-likeness (QED) is 0.787. The van der Waals surface area contributed by atoms with Crippen LogP contribution >= 0.6 is 11.6 Å². The van der Waals surface area contributed by atoms with E-state index in [1.807, 2.05) is 6.07 Å². The molecule has 0 fully saturated rings. The minimum Gasteiger partial charge on any atom is -0.276 e. The molecule has 0 heterocycles. The number of hydrogen-bond acceptors (Lipinski definition) is 3. The second kappa shape index (κ2) is 7.41. The number of carbonyl (C=O) groups is 1. The van der Waals surface area contributed by atoms with Crippen LogP contribution in [0.4, 0.5) is 0 Å². The van der Waals surface area contributed by atoms with Gasteiger partial charge in [0.15, 0.2) is 0 Å². The molecule has 0 radical (unpaired) electrons. The Labute approximate surface area is 101 Å². The molecule has 90 valence electrons. The summed E-state index contributed by atoms with van der Waals surface area (Å²) in [5.74, 6) is 0.535. The molecule has 16 heavy (non-hydrogen) atoms. The largest absolute Gasteiger partial charge is 0.276 e. The van der Waals surface area contributed by atoms with Gasteiger partial charge in [-0.3, -0.25) is 4.79 Å². The number of rotatable bonds is 3. The molecule has 0 amide bonds. The lowest BCUT2D eigenvalue weighted by Crippen LogP contribution is -2.04. The predicted octanol–water partition coefficient (Wildman–Crippen LogP) is 2.51. The standard InChI is InChI=1S/C7H5ClO.C4H10O2S/c8-7(9)6-4-2-1-3-5-6;1-3-7(5,6)4-2/h1-5H;3-4H2,1-2H3.